The highest BCUT2D eigenvalue weighted by atomic mass is 16.6. The number of rotatable bonds is 13. The van der Waals surface area contributed by atoms with E-state index in [-0.39, 0.29) is 24.6 Å². The van der Waals surface area contributed by atoms with E-state index in [2.05, 4.69) is 10.3 Å². The molecule has 0 radical (unpaired) electrons. The first-order valence-electron chi connectivity index (χ1n) is 14.7. The Kier molecular flexibility index (Phi) is 11.1. The van der Waals surface area contributed by atoms with E-state index >= 15 is 0 Å². The van der Waals surface area contributed by atoms with Crippen molar-refractivity contribution in [2.45, 2.75) is 45.3 Å². The second-order valence-corrected chi connectivity index (χ2v) is 11.8. The summed E-state index contributed by atoms with van der Waals surface area (Å²) in [7, 11) is 1.48. The van der Waals surface area contributed by atoms with Crippen LogP contribution < -0.4 is 20.3 Å². The number of aromatic amines is 1. The molecule has 0 unspecified atom stereocenters. The van der Waals surface area contributed by atoms with Crippen LogP contribution in [0.4, 0.5) is 4.79 Å². The molecule has 0 aliphatic rings. The van der Waals surface area contributed by atoms with Crippen LogP contribution in [0.3, 0.4) is 0 Å². The Hall–Kier alpha value is -5.29. The van der Waals surface area contributed by atoms with Gasteiger partial charge in [-0.2, -0.15) is 0 Å². The molecule has 0 saturated carbocycles. The molecule has 11 nitrogen and oxygen atoms in total. The van der Waals surface area contributed by atoms with E-state index in [9.17, 15) is 19.5 Å². The lowest BCUT2D eigenvalue weighted by Crippen LogP contribution is -2.48. The maximum Gasteiger partial charge on any atom is 0.408 e. The summed E-state index contributed by atoms with van der Waals surface area (Å²) >= 11 is 0. The van der Waals surface area contributed by atoms with Crippen LogP contribution in [0, 0.1) is 5.92 Å². The van der Waals surface area contributed by atoms with Gasteiger partial charge in [-0.25, -0.2) is 10.3 Å². The summed E-state index contributed by atoms with van der Waals surface area (Å²) < 4.78 is 17.2. The Morgan fingerprint density at radius 3 is 2.41 bits per heavy atom. The van der Waals surface area contributed by atoms with Crippen LogP contribution in [0.5, 0.6) is 17.2 Å². The number of phenols is 1. The van der Waals surface area contributed by atoms with Gasteiger partial charge in [0, 0.05) is 23.2 Å². The molecule has 0 fully saturated rings. The van der Waals surface area contributed by atoms with Crippen LogP contribution in [-0.2, 0) is 27.2 Å². The minimum atomic E-state index is -0.967. The fourth-order valence-electron chi connectivity index (χ4n) is 4.94. The molecule has 4 rings (SSSR count). The number of hydroxylamine groups is 1. The fraction of sp³-hybridized carbons (Fsp3) is 0.286. The molecule has 4 aromatic rings. The predicted molar refractivity (Wildman–Crippen MR) is 173 cm³/mol. The Labute approximate surface area is 267 Å². The molecule has 0 spiro atoms. The van der Waals surface area contributed by atoms with Crippen molar-refractivity contribution in [3.8, 4) is 17.2 Å². The lowest BCUT2D eigenvalue weighted by atomic mass is 9.89. The molecule has 2 atom stereocenters. The Morgan fingerprint density at radius 1 is 0.978 bits per heavy atom. The van der Waals surface area contributed by atoms with E-state index in [0.717, 1.165) is 28.1 Å². The number of nitrogens with one attached hydrogen (secondary N) is 3. The van der Waals surface area contributed by atoms with Crippen molar-refractivity contribution in [2.75, 3.05) is 13.7 Å². The Morgan fingerprint density at radius 2 is 1.72 bits per heavy atom. The largest absolute Gasteiger partial charge is 0.508 e. The minimum absolute atomic E-state index is 0.0428. The summed E-state index contributed by atoms with van der Waals surface area (Å²) in [6, 6.07) is 18.3. The number of phenolic OH excluding ortho intramolecular Hbond substituents is 1. The highest BCUT2D eigenvalue weighted by Gasteiger charge is 2.32. The lowest BCUT2D eigenvalue weighted by Gasteiger charge is -2.26. The summed E-state index contributed by atoms with van der Waals surface area (Å²) in [6.07, 6.45) is 4.27. The SMILES string of the molecule is COc1cc(/C=C/C(=O)NO)ccc1OC[C@H](Cc1c[nH]c2ccccc12)C(=O)[C@H](Cc1ccc(O)cc1)NC(=O)OC(C)(C)C. The molecule has 0 aliphatic carbocycles. The summed E-state index contributed by atoms with van der Waals surface area (Å²) in [6.45, 7) is 5.19. The zero-order valence-electron chi connectivity index (χ0n) is 26.2. The number of ketones is 1. The number of H-pyrrole nitrogens is 1. The van der Waals surface area contributed by atoms with E-state index < -0.39 is 29.6 Å². The number of carbonyl (C=O) groups excluding carboxylic acids is 3. The van der Waals surface area contributed by atoms with Crippen LogP contribution in [0.15, 0.2) is 79.0 Å². The smallest absolute Gasteiger partial charge is 0.408 e. The third kappa shape index (κ3) is 9.35. The number of aromatic nitrogens is 1. The number of fused-ring (bicyclic) bond motifs is 1. The van der Waals surface area contributed by atoms with Gasteiger partial charge in [-0.3, -0.25) is 14.8 Å². The average Bonchev–Trinajstić information content (AvgIpc) is 3.44. The zero-order chi connectivity index (χ0) is 33.3. The standard InChI is InChI=1S/C35H39N3O8/c1-35(2,3)46-34(42)37-29(17-22-9-13-26(39)14-10-22)33(41)25(19-24-20-36-28-8-6-5-7-27(24)28)21-45-30-15-11-23(18-31(30)44-4)12-16-32(40)38-43/h5-16,18,20,25,29,36,39,43H,17,19,21H2,1-4H3,(H,37,42)(H,38,40)/b16-12+/t25-,29-/m0/s1. The third-order valence-corrected chi connectivity index (χ3v) is 7.12. The van der Waals surface area contributed by atoms with E-state index in [1.807, 2.05) is 30.5 Å². The van der Waals surface area contributed by atoms with Gasteiger partial charge in [0.25, 0.3) is 5.91 Å². The minimum Gasteiger partial charge on any atom is -0.508 e. The van der Waals surface area contributed by atoms with E-state index in [1.165, 1.54) is 30.8 Å². The first-order chi connectivity index (χ1) is 22.0. The predicted octanol–water partition coefficient (Wildman–Crippen LogP) is 5.34. The van der Waals surface area contributed by atoms with Crippen LogP contribution in [-0.4, -0.2) is 58.4 Å². The average molecular weight is 630 g/mol. The highest BCUT2D eigenvalue weighted by Crippen LogP contribution is 2.30. The molecule has 242 valence electrons. The fourth-order valence-corrected chi connectivity index (χ4v) is 4.94. The second kappa shape index (κ2) is 15.1. The number of carbonyl (C=O) groups is 3. The molecule has 46 heavy (non-hydrogen) atoms. The van der Waals surface area contributed by atoms with Gasteiger partial charge >= 0.3 is 6.09 Å². The number of Topliss-reactive ketones (excluding diaryl/α,β-unsaturated/α-hetero) is 1. The van der Waals surface area contributed by atoms with Gasteiger partial charge in [-0.1, -0.05) is 36.4 Å². The normalized spacial score (nSPS) is 12.8. The quantitative estimate of drug-likeness (QED) is 0.0753. The van der Waals surface area contributed by atoms with Crippen molar-refractivity contribution in [1.29, 1.82) is 0 Å². The van der Waals surface area contributed by atoms with Crippen molar-refractivity contribution in [3.63, 3.8) is 0 Å². The molecule has 1 heterocycles. The summed E-state index contributed by atoms with van der Waals surface area (Å²) in [5.74, 6) is -0.827. The topological polar surface area (TPSA) is 159 Å². The molecule has 3 aromatic carbocycles. The molecule has 1 aromatic heterocycles. The molecule has 2 amide bonds. The second-order valence-electron chi connectivity index (χ2n) is 11.8. The van der Waals surface area contributed by atoms with Crippen LogP contribution in [0.25, 0.3) is 17.0 Å². The molecular weight excluding hydrogens is 590 g/mol. The number of hydrogen-bond donors (Lipinski definition) is 5. The summed E-state index contributed by atoms with van der Waals surface area (Å²) in [5, 5.41) is 22.3. The first kappa shape index (κ1) is 33.6. The van der Waals surface area contributed by atoms with Crippen LogP contribution in [0.1, 0.15) is 37.5 Å². The van der Waals surface area contributed by atoms with Gasteiger partial charge in [0.05, 0.1) is 25.7 Å². The first-order valence-corrected chi connectivity index (χ1v) is 14.7. The summed E-state index contributed by atoms with van der Waals surface area (Å²) in [5.41, 5.74) is 3.95. The number of para-hydroxylation sites is 1. The lowest BCUT2D eigenvalue weighted by molar-refractivity contribution is -0.126. The Bertz CT molecular complexity index is 1690. The number of amides is 2. The van der Waals surface area contributed by atoms with Crippen molar-refractivity contribution >= 4 is 34.8 Å². The van der Waals surface area contributed by atoms with Crippen LogP contribution in [0.2, 0.25) is 0 Å². The molecule has 0 aliphatic heterocycles. The number of alkyl carbamates (subject to hydrolysis) is 1. The number of methoxy groups -OCH3 is 1. The monoisotopic (exact) mass is 629 g/mol. The van der Waals surface area contributed by atoms with Gasteiger partial charge in [0.2, 0.25) is 0 Å². The number of benzene rings is 3. The number of aromatic hydroxyl groups is 1. The van der Waals surface area contributed by atoms with Crippen molar-refractivity contribution in [1.82, 2.24) is 15.8 Å². The molecule has 5 N–H and O–H groups in total. The molecule has 0 saturated heterocycles. The van der Waals surface area contributed by atoms with Crippen molar-refractivity contribution < 1.29 is 38.9 Å². The van der Waals surface area contributed by atoms with E-state index in [4.69, 9.17) is 19.4 Å². The van der Waals surface area contributed by atoms with Crippen molar-refractivity contribution in [2.24, 2.45) is 5.92 Å². The Balaban J connectivity index is 1.65. The van der Waals surface area contributed by atoms with Gasteiger partial charge in [-0.05, 0) is 86.7 Å². The number of hydrogen-bond acceptors (Lipinski definition) is 8. The van der Waals surface area contributed by atoms with Crippen molar-refractivity contribution in [3.05, 3.63) is 95.7 Å². The van der Waals surface area contributed by atoms with E-state index in [0.29, 0.717) is 23.5 Å². The zero-order valence-corrected chi connectivity index (χ0v) is 26.2. The van der Waals surface area contributed by atoms with Gasteiger partial charge in [-0.15, -0.1) is 0 Å². The van der Waals surface area contributed by atoms with Gasteiger partial charge in [0.15, 0.2) is 17.3 Å². The summed E-state index contributed by atoms with van der Waals surface area (Å²) in [4.78, 5) is 41.9. The maximum atomic E-state index is 14.4. The molecule has 0 bridgehead atoms. The van der Waals surface area contributed by atoms with E-state index in [1.54, 1.807) is 51.1 Å². The third-order valence-electron chi connectivity index (χ3n) is 7.12. The number of ether oxygens (including phenoxy) is 3. The molecule has 11 heteroatoms. The highest BCUT2D eigenvalue weighted by molar-refractivity contribution is 5.91. The van der Waals surface area contributed by atoms with Gasteiger partial charge < -0.3 is 29.6 Å². The maximum absolute atomic E-state index is 14.4. The van der Waals surface area contributed by atoms with Crippen LogP contribution >= 0.6 is 0 Å². The molecular formula is C35H39N3O8. The van der Waals surface area contributed by atoms with Gasteiger partial charge in [0.1, 0.15) is 11.4 Å².